The SMILES string of the molecule is COC(=O)c1cc2cc(NC(=O)C3CC(NC(=O)OC(C)(C)C)CN3C)ccc2s1. The van der Waals surface area contributed by atoms with Gasteiger partial charge in [0.25, 0.3) is 0 Å². The molecule has 0 saturated carbocycles. The Morgan fingerprint density at radius 2 is 1.93 bits per heavy atom. The van der Waals surface area contributed by atoms with E-state index in [1.807, 2.05) is 50.9 Å². The Labute approximate surface area is 179 Å². The minimum absolute atomic E-state index is 0.145. The first-order chi connectivity index (χ1) is 14.1. The first-order valence-electron chi connectivity index (χ1n) is 9.68. The Morgan fingerprint density at radius 3 is 2.60 bits per heavy atom. The summed E-state index contributed by atoms with van der Waals surface area (Å²) < 4.78 is 11.0. The van der Waals surface area contributed by atoms with Crippen molar-refractivity contribution in [3.8, 4) is 0 Å². The first-order valence-corrected chi connectivity index (χ1v) is 10.5. The average molecular weight is 434 g/mol. The van der Waals surface area contributed by atoms with Crippen LogP contribution in [0.3, 0.4) is 0 Å². The van der Waals surface area contributed by atoms with E-state index in [1.54, 1.807) is 6.07 Å². The topological polar surface area (TPSA) is 97.0 Å². The molecule has 1 aromatic heterocycles. The second-order valence-electron chi connectivity index (χ2n) is 8.38. The van der Waals surface area contributed by atoms with Crippen molar-refractivity contribution in [3.05, 3.63) is 29.1 Å². The maximum Gasteiger partial charge on any atom is 0.407 e. The van der Waals surface area contributed by atoms with Crippen molar-refractivity contribution in [1.82, 2.24) is 10.2 Å². The maximum atomic E-state index is 12.8. The molecule has 3 rings (SSSR count). The van der Waals surface area contributed by atoms with Crippen molar-refractivity contribution in [1.29, 1.82) is 0 Å². The molecule has 2 amide bonds. The van der Waals surface area contributed by atoms with Gasteiger partial charge in [-0.25, -0.2) is 9.59 Å². The smallest absolute Gasteiger partial charge is 0.407 e. The van der Waals surface area contributed by atoms with E-state index >= 15 is 0 Å². The van der Waals surface area contributed by atoms with Gasteiger partial charge in [0.15, 0.2) is 0 Å². The number of likely N-dealkylation sites (tertiary alicyclic amines) is 1. The number of rotatable bonds is 4. The highest BCUT2D eigenvalue weighted by Crippen LogP contribution is 2.29. The molecule has 1 aliphatic rings. The highest BCUT2D eigenvalue weighted by molar-refractivity contribution is 7.20. The summed E-state index contributed by atoms with van der Waals surface area (Å²) in [6.45, 7) is 5.98. The third-order valence-corrected chi connectivity index (χ3v) is 5.84. The normalized spacial score (nSPS) is 19.5. The molecule has 1 aromatic carbocycles. The van der Waals surface area contributed by atoms with E-state index in [0.29, 0.717) is 23.5 Å². The van der Waals surface area contributed by atoms with Crippen molar-refractivity contribution < 1.29 is 23.9 Å². The third-order valence-electron chi connectivity index (χ3n) is 4.74. The van der Waals surface area contributed by atoms with Gasteiger partial charge in [0.2, 0.25) is 5.91 Å². The molecular formula is C21H27N3O5S. The number of benzene rings is 1. The van der Waals surface area contributed by atoms with Crippen molar-refractivity contribution in [3.63, 3.8) is 0 Å². The number of thiophene rings is 1. The summed E-state index contributed by atoms with van der Waals surface area (Å²) in [5, 5.41) is 6.63. The number of esters is 1. The molecule has 9 heteroatoms. The Hall–Kier alpha value is -2.65. The van der Waals surface area contributed by atoms with E-state index < -0.39 is 11.7 Å². The van der Waals surface area contributed by atoms with Crippen LogP contribution in [0.15, 0.2) is 24.3 Å². The molecule has 0 aliphatic carbocycles. The number of anilines is 1. The zero-order chi connectivity index (χ0) is 22.1. The fourth-order valence-corrected chi connectivity index (χ4v) is 4.39. The Morgan fingerprint density at radius 1 is 1.20 bits per heavy atom. The average Bonchev–Trinajstić information content (AvgIpc) is 3.22. The molecule has 0 radical (unpaired) electrons. The molecule has 2 atom stereocenters. The first kappa shape index (κ1) is 22.0. The number of carbonyl (C=O) groups is 3. The molecule has 1 saturated heterocycles. The van der Waals surface area contributed by atoms with Crippen LogP contribution < -0.4 is 10.6 Å². The number of methoxy groups -OCH3 is 1. The molecule has 2 heterocycles. The quantitative estimate of drug-likeness (QED) is 0.719. The molecule has 1 aliphatic heterocycles. The van der Waals surface area contributed by atoms with Gasteiger partial charge >= 0.3 is 12.1 Å². The lowest BCUT2D eigenvalue weighted by molar-refractivity contribution is -0.119. The van der Waals surface area contributed by atoms with Crippen LogP contribution in [-0.2, 0) is 14.3 Å². The Bertz CT molecular complexity index is 965. The fraction of sp³-hybridized carbons (Fsp3) is 0.476. The molecule has 2 N–H and O–H groups in total. The van der Waals surface area contributed by atoms with E-state index in [2.05, 4.69) is 10.6 Å². The number of carbonyl (C=O) groups excluding carboxylic acids is 3. The maximum absolute atomic E-state index is 12.8. The number of likely N-dealkylation sites (N-methyl/N-ethyl adjacent to an activating group) is 1. The van der Waals surface area contributed by atoms with Crippen LogP contribution in [0.25, 0.3) is 10.1 Å². The predicted octanol–water partition coefficient (Wildman–Crippen LogP) is 3.22. The van der Waals surface area contributed by atoms with E-state index in [1.165, 1.54) is 18.4 Å². The summed E-state index contributed by atoms with van der Waals surface area (Å²) in [7, 11) is 3.20. The summed E-state index contributed by atoms with van der Waals surface area (Å²) in [6, 6.07) is 6.73. The Balaban J connectivity index is 1.62. The molecule has 2 aromatic rings. The van der Waals surface area contributed by atoms with Gasteiger partial charge in [-0.3, -0.25) is 9.69 Å². The van der Waals surface area contributed by atoms with Crippen molar-refractivity contribution in [2.24, 2.45) is 0 Å². The molecule has 162 valence electrons. The van der Waals surface area contributed by atoms with E-state index in [9.17, 15) is 14.4 Å². The van der Waals surface area contributed by atoms with Crippen LogP contribution in [0, 0.1) is 0 Å². The lowest BCUT2D eigenvalue weighted by Crippen LogP contribution is -2.40. The summed E-state index contributed by atoms with van der Waals surface area (Å²) in [4.78, 5) is 39.0. The van der Waals surface area contributed by atoms with Crippen molar-refractivity contribution in [2.75, 3.05) is 26.0 Å². The number of hydrogen-bond acceptors (Lipinski definition) is 7. The summed E-state index contributed by atoms with van der Waals surface area (Å²) in [5.74, 6) is -0.522. The summed E-state index contributed by atoms with van der Waals surface area (Å²) in [6.07, 6.45) is 0.0145. The van der Waals surface area contributed by atoms with Crippen LogP contribution in [0.5, 0.6) is 0 Å². The standard InChI is InChI=1S/C21H27N3O5S/c1-21(2,3)29-20(27)23-14-10-15(24(4)11-14)18(25)22-13-6-7-16-12(8-13)9-17(30-16)19(26)28-5/h6-9,14-15H,10-11H2,1-5H3,(H,22,25)(H,23,27). The van der Waals surface area contributed by atoms with Crippen LogP contribution in [0.2, 0.25) is 0 Å². The van der Waals surface area contributed by atoms with Gasteiger partial charge < -0.3 is 20.1 Å². The lowest BCUT2D eigenvalue weighted by Gasteiger charge is -2.21. The molecule has 0 bridgehead atoms. The highest BCUT2D eigenvalue weighted by Gasteiger charge is 2.36. The van der Waals surface area contributed by atoms with Gasteiger partial charge in [0.05, 0.1) is 13.2 Å². The van der Waals surface area contributed by atoms with Crippen molar-refractivity contribution >= 4 is 45.1 Å². The Kier molecular flexibility index (Phi) is 6.33. The monoisotopic (exact) mass is 433 g/mol. The second-order valence-corrected chi connectivity index (χ2v) is 9.46. The molecule has 30 heavy (non-hydrogen) atoms. The van der Waals surface area contributed by atoms with Crippen LogP contribution in [0.1, 0.15) is 36.9 Å². The minimum atomic E-state index is -0.570. The third kappa shape index (κ3) is 5.28. The fourth-order valence-electron chi connectivity index (χ4n) is 3.43. The number of nitrogens with zero attached hydrogens (tertiary/aromatic N) is 1. The number of alkyl carbamates (subject to hydrolysis) is 1. The van der Waals surface area contributed by atoms with Gasteiger partial charge in [0.1, 0.15) is 10.5 Å². The molecule has 1 fully saturated rings. The predicted molar refractivity (Wildman–Crippen MR) is 116 cm³/mol. The van der Waals surface area contributed by atoms with Gasteiger partial charge in [-0.15, -0.1) is 11.3 Å². The minimum Gasteiger partial charge on any atom is -0.465 e. The molecule has 2 unspecified atom stereocenters. The van der Waals surface area contributed by atoms with Crippen LogP contribution in [0.4, 0.5) is 10.5 Å². The van der Waals surface area contributed by atoms with Gasteiger partial charge in [0, 0.05) is 23.0 Å². The van der Waals surface area contributed by atoms with Gasteiger partial charge in [-0.2, -0.15) is 0 Å². The van der Waals surface area contributed by atoms with Crippen molar-refractivity contribution in [2.45, 2.75) is 44.9 Å². The number of hydrogen-bond donors (Lipinski definition) is 2. The summed E-state index contributed by atoms with van der Waals surface area (Å²) >= 11 is 1.35. The van der Waals surface area contributed by atoms with E-state index in [4.69, 9.17) is 9.47 Å². The molecule has 0 spiro atoms. The second kappa shape index (κ2) is 8.61. The lowest BCUT2D eigenvalue weighted by atomic mass is 10.1. The molecular weight excluding hydrogens is 406 g/mol. The van der Waals surface area contributed by atoms with E-state index in [0.717, 1.165) is 10.1 Å². The number of amides is 2. The largest absolute Gasteiger partial charge is 0.465 e. The van der Waals surface area contributed by atoms with Crippen LogP contribution >= 0.6 is 11.3 Å². The number of nitrogens with one attached hydrogen (secondary N) is 2. The summed E-state index contributed by atoms with van der Waals surface area (Å²) in [5.41, 5.74) is 0.0815. The zero-order valence-corrected chi connectivity index (χ0v) is 18.6. The van der Waals surface area contributed by atoms with Gasteiger partial charge in [-0.1, -0.05) is 0 Å². The molecule has 8 nitrogen and oxygen atoms in total. The highest BCUT2D eigenvalue weighted by atomic mass is 32.1. The number of fused-ring (bicyclic) bond motifs is 1. The van der Waals surface area contributed by atoms with Gasteiger partial charge in [-0.05, 0) is 63.9 Å². The number of ether oxygens (including phenoxy) is 2. The van der Waals surface area contributed by atoms with E-state index in [-0.39, 0.29) is 24.0 Å². The van der Waals surface area contributed by atoms with Crippen LogP contribution in [-0.4, -0.2) is 61.3 Å². The zero-order valence-electron chi connectivity index (χ0n) is 17.8.